The summed E-state index contributed by atoms with van der Waals surface area (Å²) in [6.07, 6.45) is 4.09. The first-order valence-electron chi connectivity index (χ1n) is 7.27. The normalized spacial score (nSPS) is 33.6. The fraction of sp³-hybridized carbons (Fsp3) is 0.929. The van der Waals surface area contributed by atoms with Crippen molar-refractivity contribution < 1.29 is 9.53 Å². The van der Waals surface area contributed by atoms with Crippen LogP contribution in [0, 0.1) is 11.3 Å². The van der Waals surface area contributed by atoms with E-state index in [4.69, 9.17) is 4.74 Å². The molecular weight excluding hydrogens is 228 g/mol. The molecule has 0 saturated carbocycles. The molecule has 0 radical (unpaired) electrons. The number of hydrogen-bond acceptors (Lipinski definition) is 3. The Morgan fingerprint density at radius 2 is 2.44 bits per heavy atom. The van der Waals surface area contributed by atoms with Crippen molar-refractivity contribution in [3.63, 3.8) is 0 Å². The molecule has 0 aliphatic carbocycles. The van der Waals surface area contributed by atoms with Gasteiger partial charge in [0, 0.05) is 25.1 Å². The van der Waals surface area contributed by atoms with Crippen molar-refractivity contribution >= 4 is 5.91 Å². The summed E-state index contributed by atoms with van der Waals surface area (Å²) in [5, 5.41) is 6.57. The number of carbonyl (C=O) groups is 1. The minimum atomic E-state index is -0.164. The minimum absolute atomic E-state index is 0.164. The van der Waals surface area contributed by atoms with Crippen LogP contribution in [0.5, 0.6) is 0 Å². The zero-order chi connectivity index (χ0) is 13.0. The molecule has 3 unspecified atom stereocenters. The number of amides is 1. The smallest absolute Gasteiger partial charge is 0.227 e. The van der Waals surface area contributed by atoms with Gasteiger partial charge in [0.15, 0.2) is 0 Å². The van der Waals surface area contributed by atoms with Gasteiger partial charge in [-0.2, -0.15) is 0 Å². The molecule has 0 spiro atoms. The number of hydrogen-bond donors (Lipinski definition) is 2. The summed E-state index contributed by atoms with van der Waals surface area (Å²) in [5.74, 6) is 0.732. The molecule has 2 saturated heterocycles. The maximum absolute atomic E-state index is 12.5. The van der Waals surface area contributed by atoms with Crippen LogP contribution in [0.15, 0.2) is 0 Å². The van der Waals surface area contributed by atoms with E-state index < -0.39 is 0 Å². The van der Waals surface area contributed by atoms with Gasteiger partial charge in [0.05, 0.1) is 12.0 Å². The Morgan fingerprint density at radius 1 is 1.61 bits per heavy atom. The molecule has 1 amide bonds. The van der Waals surface area contributed by atoms with Crippen molar-refractivity contribution in [2.24, 2.45) is 11.3 Å². The third-order valence-corrected chi connectivity index (χ3v) is 4.48. The number of nitrogens with one attached hydrogen (secondary N) is 2. The second kappa shape index (κ2) is 6.02. The Balaban J connectivity index is 1.92. The first kappa shape index (κ1) is 13.8. The van der Waals surface area contributed by atoms with Crippen LogP contribution in [-0.2, 0) is 9.53 Å². The largest absolute Gasteiger partial charge is 0.381 e. The Labute approximate surface area is 110 Å². The van der Waals surface area contributed by atoms with Crippen molar-refractivity contribution in [3.05, 3.63) is 0 Å². The van der Waals surface area contributed by atoms with Gasteiger partial charge in [-0.15, -0.1) is 0 Å². The van der Waals surface area contributed by atoms with E-state index in [2.05, 4.69) is 24.5 Å². The molecule has 0 aromatic heterocycles. The minimum Gasteiger partial charge on any atom is -0.381 e. The van der Waals surface area contributed by atoms with Crippen molar-refractivity contribution in [2.45, 2.75) is 45.6 Å². The quantitative estimate of drug-likeness (QED) is 0.777. The highest BCUT2D eigenvalue weighted by Crippen LogP contribution is 2.32. The molecule has 3 atom stereocenters. The van der Waals surface area contributed by atoms with E-state index in [9.17, 15) is 4.79 Å². The van der Waals surface area contributed by atoms with Crippen LogP contribution >= 0.6 is 0 Å². The average molecular weight is 254 g/mol. The number of ether oxygens (including phenoxy) is 1. The lowest BCUT2D eigenvalue weighted by Crippen LogP contribution is -2.48. The molecule has 18 heavy (non-hydrogen) atoms. The molecule has 2 fully saturated rings. The summed E-state index contributed by atoms with van der Waals surface area (Å²) in [7, 11) is 0. The van der Waals surface area contributed by atoms with Crippen molar-refractivity contribution in [3.8, 4) is 0 Å². The lowest BCUT2D eigenvalue weighted by molar-refractivity contribution is -0.131. The highest BCUT2D eigenvalue weighted by molar-refractivity contribution is 5.83. The molecule has 104 valence electrons. The summed E-state index contributed by atoms with van der Waals surface area (Å²) in [4.78, 5) is 12.5. The van der Waals surface area contributed by atoms with Gasteiger partial charge in [0.2, 0.25) is 5.91 Å². The van der Waals surface area contributed by atoms with E-state index in [-0.39, 0.29) is 17.4 Å². The molecule has 4 heteroatoms. The van der Waals surface area contributed by atoms with Gasteiger partial charge >= 0.3 is 0 Å². The Hall–Kier alpha value is -0.610. The highest BCUT2D eigenvalue weighted by Gasteiger charge is 2.41. The number of rotatable bonds is 5. The van der Waals surface area contributed by atoms with Gasteiger partial charge in [0.25, 0.3) is 0 Å². The van der Waals surface area contributed by atoms with Gasteiger partial charge < -0.3 is 15.4 Å². The fourth-order valence-corrected chi connectivity index (χ4v) is 3.17. The van der Waals surface area contributed by atoms with Crippen LogP contribution < -0.4 is 10.6 Å². The first-order chi connectivity index (χ1) is 8.68. The summed E-state index contributed by atoms with van der Waals surface area (Å²) < 4.78 is 5.39. The SMILES string of the molecule is CCCC1(C(=O)NC(C)C2CCOC2)CCNC1. The molecule has 4 nitrogen and oxygen atoms in total. The lowest BCUT2D eigenvalue weighted by atomic mass is 9.81. The van der Waals surface area contributed by atoms with E-state index in [0.29, 0.717) is 5.92 Å². The van der Waals surface area contributed by atoms with Crippen LogP contribution in [-0.4, -0.2) is 38.3 Å². The maximum Gasteiger partial charge on any atom is 0.227 e. The van der Waals surface area contributed by atoms with E-state index in [0.717, 1.165) is 52.0 Å². The van der Waals surface area contributed by atoms with Crippen molar-refractivity contribution in [1.82, 2.24) is 10.6 Å². The summed E-state index contributed by atoms with van der Waals surface area (Å²) in [6, 6.07) is 0.231. The summed E-state index contributed by atoms with van der Waals surface area (Å²) in [6.45, 7) is 7.70. The second-order valence-electron chi connectivity index (χ2n) is 5.84. The van der Waals surface area contributed by atoms with E-state index >= 15 is 0 Å². The topological polar surface area (TPSA) is 50.4 Å². The predicted octanol–water partition coefficient (Wildman–Crippen LogP) is 1.31. The van der Waals surface area contributed by atoms with E-state index in [1.165, 1.54) is 0 Å². The fourth-order valence-electron chi connectivity index (χ4n) is 3.17. The second-order valence-corrected chi connectivity index (χ2v) is 5.84. The van der Waals surface area contributed by atoms with Crippen molar-refractivity contribution in [2.75, 3.05) is 26.3 Å². The molecule has 0 aromatic carbocycles. The molecule has 0 bridgehead atoms. The van der Waals surface area contributed by atoms with E-state index in [1.807, 2.05) is 0 Å². The Kier molecular flexibility index (Phi) is 4.62. The van der Waals surface area contributed by atoms with Crippen LogP contribution in [0.2, 0.25) is 0 Å². The third-order valence-electron chi connectivity index (χ3n) is 4.48. The standard InChI is InChI=1S/C14H26N2O2/c1-3-5-14(6-7-15-10-14)13(17)16-11(2)12-4-8-18-9-12/h11-12,15H,3-10H2,1-2H3,(H,16,17). The van der Waals surface area contributed by atoms with Crippen molar-refractivity contribution in [1.29, 1.82) is 0 Å². The van der Waals surface area contributed by atoms with E-state index in [1.54, 1.807) is 0 Å². The van der Waals surface area contributed by atoms with Crippen LogP contribution in [0.1, 0.15) is 39.5 Å². The van der Waals surface area contributed by atoms with Crippen LogP contribution in [0.4, 0.5) is 0 Å². The molecule has 2 aliphatic rings. The summed E-state index contributed by atoms with van der Waals surface area (Å²) >= 11 is 0. The molecule has 2 N–H and O–H groups in total. The lowest BCUT2D eigenvalue weighted by Gasteiger charge is -2.30. The molecular formula is C14H26N2O2. The molecule has 2 aliphatic heterocycles. The number of carbonyl (C=O) groups excluding carboxylic acids is 1. The van der Waals surface area contributed by atoms with Crippen LogP contribution in [0.3, 0.4) is 0 Å². The molecule has 0 aromatic rings. The van der Waals surface area contributed by atoms with Gasteiger partial charge in [-0.1, -0.05) is 13.3 Å². The zero-order valence-electron chi connectivity index (χ0n) is 11.6. The highest BCUT2D eigenvalue weighted by atomic mass is 16.5. The monoisotopic (exact) mass is 254 g/mol. The van der Waals surface area contributed by atoms with Gasteiger partial charge in [0.1, 0.15) is 0 Å². The van der Waals surface area contributed by atoms with Crippen LogP contribution in [0.25, 0.3) is 0 Å². The van der Waals surface area contributed by atoms with Gasteiger partial charge in [-0.25, -0.2) is 0 Å². The zero-order valence-corrected chi connectivity index (χ0v) is 11.6. The first-order valence-corrected chi connectivity index (χ1v) is 7.27. The Bertz CT molecular complexity index is 282. The molecule has 2 rings (SSSR count). The van der Waals surface area contributed by atoms with Gasteiger partial charge in [-0.05, 0) is 32.7 Å². The Morgan fingerprint density at radius 3 is 3.00 bits per heavy atom. The summed E-state index contributed by atoms with van der Waals surface area (Å²) in [5.41, 5.74) is -0.164. The van der Waals surface area contributed by atoms with Gasteiger partial charge in [-0.3, -0.25) is 4.79 Å². The maximum atomic E-state index is 12.5. The average Bonchev–Trinajstić information content (AvgIpc) is 3.00. The predicted molar refractivity (Wildman–Crippen MR) is 71.4 cm³/mol. The molecule has 2 heterocycles. The third kappa shape index (κ3) is 2.86.